The van der Waals surface area contributed by atoms with Crippen molar-refractivity contribution in [3.8, 4) is 0 Å². The number of hydrogen-bond donors (Lipinski definition) is 2. The van der Waals surface area contributed by atoms with E-state index in [-0.39, 0.29) is 0 Å². The Morgan fingerprint density at radius 2 is 1.60 bits per heavy atom. The summed E-state index contributed by atoms with van der Waals surface area (Å²) in [6.45, 7) is 10.7. The average Bonchev–Trinajstić information content (AvgIpc) is 2.40. The van der Waals surface area contributed by atoms with E-state index in [2.05, 4.69) is 52.8 Å². The maximum Gasteiger partial charge on any atom is 0.0373 e. The van der Waals surface area contributed by atoms with E-state index in [1.54, 1.807) is 0 Å². The number of rotatable bonds is 2. The van der Waals surface area contributed by atoms with Crippen LogP contribution in [0.5, 0.6) is 0 Å². The van der Waals surface area contributed by atoms with Crippen molar-refractivity contribution in [2.45, 2.75) is 47.0 Å². The normalized spacial score (nSPS) is 20.9. The van der Waals surface area contributed by atoms with E-state index < -0.39 is 0 Å². The van der Waals surface area contributed by atoms with Crippen molar-refractivity contribution in [2.24, 2.45) is 11.7 Å². The first kappa shape index (κ1) is 14.7. The monoisotopic (exact) mass is 270 g/mol. The molecule has 2 atom stereocenters. The molecule has 0 spiro atoms. The van der Waals surface area contributed by atoms with Gasteiger partial charge < -0.3 is 11.5 Å². The minimum atomic E-state index is 0.478. The lowest BCUT2D eigenvalue weighted by atomic mass is 9.78. The van der Waals surface area contributed by atoms with Crippen molar-refractivity contribution in [3.63, 3.8) is 0 Å². The SMILES string of the molecule is CC1=CC(C(C)c2cc(C)c(N)c(C)c2)CC(C)=C1N. The smallest absolute Gasteiger partial charge is 0.0373 e. The summed E-state index contributed by atoms with van der Waals surface area (Å²) < 4.78 is 0. The molecule has 4 N–H and O–H groups in total. The summed E-state index contributed by atoms with van der Waals surface area (Å²) in [4.78, 5) is 0. The molecule has 108 valence electrons. The molecule has 0 saturated heterocycles. The Morgan fingerprint density at radius 3 is 2.10 bits per heavy atom. The number of anilines is 1. The molecule has 0 radical (unpaired) electrons. The molecule has 0 bridgehead atoms. The van der Waals surface area contributed by atoms with E-state index in [4.69, 9.17) is 11.5 Å². The van der Waals surface area contributed by atoms with Gasteiger partial charge in [0.1, 0.15) is 0 Å². The predicted molar refractivity (Wildman–Crippen MR) is 87.5 cm³/mol. The van der Waals surface area contributed by atoms with Gasteiger partial charge in [-0.2, -0.15) is 0 Å². The van der Waals surface area contributed by atoms with Crippen molar-refractivity contribution >= 4 is 5.69 Å². The number of hydrogen-bond acceptors (Lipinski definition) is 2. The fourth-order valence-electron chi connectivity index (χ4n) is 3.11. The number of benzene rings is 1. The van der Waals surface area contributed by atoms with Gasteiger partial charge in [0.25, 0.3) is 0 Å². The second kappa shape index (κ2) is 5.35. The van der Waals surface area contributed by atoms with Gasteiger partial charge >= 0.3 is 0 Å². The number of allylic oxidation sites excluding steroid dienone is 3. The summed E-state index contributed by atoms with van der Waals surface area (Å²) in [5.41, 5.74) is 20.3. The van der Waals surface area contributed by atoms with Crippen LogP contribution in [0.1, 0.15) is 49.8 Å². The molecule has 0 aliphatic heterocycles. The van der Waals surface area contributed by atoms with Crippen molar-refractivity contribution in [2.75, 3.05) is 5.73 Å². The van der Waals surface area contributed by atoms with E-state index >= 15 is 0 Å². The molecule has 2 unspecified atom stereocenters. The van der Waals surface area contributed by atoms with Gasteiger partial charge in [-0.1, -0.05) is 25.1 Å². The zero-order valence-corrected chi connectivity index (χ0v) is 13.2. The lowest BCUT2D eigenvalue weighted by molar-refractivity contribution is 0.524. The topological polar surface area (TPSA) is 52.0 Å². The maximum absolute atomic E-state index is 6.09. The highest BCUT2D eigenvalue weighted by Crippen LogP contribution is 2.37. The summed E-state index contributed by atoms with van der Waals surface area (Å²) in [6, 6.07) is 4.46. The number of aryl methyl sites for hydroxylation is 2. The summed E-state index contributed by atoms with van der Waals surface area (Å²) in [5.74, 6) is 0.996. The lowest BCUT2D eigenvalue weighted by Crippen LogP contribution is -2.17. The number of nitrogen functional groups attached to an aromatic ring is 1. The Balaban J connectivity index is 2.32. The summed E-state index contributed by atoms with van der Waals surface area (Å²) in [7, 11) is 0. The molecule has 2 heteroatoms. The molecule has 2 nitrogen and oxygen atoms in total. The first-order valence-corrected chi connectivity index (χ1v) is 7.32. The molecule has 1 aromatic carbocycles. The Labute approximate surface area is 122 Å². The molecule has 1 aliphatic rings. The van der Waals surface area contributed by atoms with Crippen LogP contribution >= 0.6 is 0 Å². The van der Waals surface area contributed by atoms with Crippen LogP contribution < -0.4 is 11.5 Å². The van der Waals surface area contributed by atoms with E-state index in [9.17, 15) is 0 Å². The van der Waals surface area contributed by atoms with Crippen molar-refractivity contribution in [1.82, 2.24) is 0 Å². The molecule has 20 heavy (non-hydrogen) atoms. The van der Waals surface area contributed by atoms with Crippen LogP contribution in [-0.4, -0.2) is 0 Å². The van der Waals surface area contributed by atoms with Crippen molar-refractivity contribution in [1.29, 1.82) is 0 Å². The van der Waals surface area contributed by atoms with Crippen LogP contribution in [0.25, 0.3) is 0 Å². The van der Waals surface area contributed by atoms with Crippen LogP contribution in [0.15, 0.2) is 35.1 Å². The van der Waals surface area contributed by atoms with E-state index in [0.29, 0.717) is 11.8 Å². The largest absolute Gasteiger partial charge is 0.399 e. The Kier molecular flexibility index (Phi) is 3.94. The lowest BCUT2D eigenvalue weighted by Gasteiger charge is -2.28. The molecule has 0 saturated carbocycles. The van der Waals surface area contributed by atoms with Gasteiger partial charge in [0.15, 0.2) is 0 Å². The molecule has 1 aromatic rings. The standard InChI is InChI=1S/C18H26N2/c1-10-6-15(7-11(2)17(10)19)14(5)16-8-12(3)18(20)13(4)9-16/h6-8,14,16H,9,19-20H2,1-5H3. The zero-order chi connectivity index (χ0) is 15.0. The Morgan fingerprint density at radius 1 is 1.05 bits per heavy atom. The molecular formula is C18H26N2. The van der Waals surface area contributed by atoms with Crippen molar-refractivity contribution in [3.05, 3.63) is 51.7 Å². The van der Waals surface area contributed by atoms with E-state index in [1.165, 1.54) is 27.8 Å². The van der Waals surface area contributed by atoms with Gasteiger partial charge in [0.05, 0.1) is 0 Å². The quantitative estimate of drug-likeness (QED) is 0.792. The van der Waals surface area contributed by atoms with Gasteiger partial charge in [-0.25, -0.2) is 0 Å². The average molecular weight is 270 g/mol. The third-order valence-electron chi connectivity index (χ3n) is 4.67. The molecule has 0 amide bonds. The molecule has 0 fully saturated rings. The summed E-state index contributed by atoms with van der Waals surface area (Å²) in [5, 5.41) is 0. The molecule has 0 heterocycles. The van der Waals surface area contributed by atoms with Crippen LogP contribution in [0, 0.1) is 19.8 Å². The van der Waals surface area contributed by atoms with Crippen LogP contribution in [0.4, 0.5) is 5.69 Å². The summed E-state index contributed by atoms with van der Waals surface area (Å²) in [6.07, 6.45) is 3.38. The third-order valence-corrected chi connectivity index (χ3v) is 4.67. The molecule has 0 aromatic heterocycles. The van der Waals surface area contributed by atoms with Crippen LogP contribution in [0.3, 0.4) is 0 Å². The fraction of sp³-hybridized carbons (Fsp3) is 0.444. The van der Waals surface area contributed by atoms with Gasteiger partial charge in [0.2, 0.25) is 0 Å². The first-order chi connectivity index (χ1) is 9.31. The molecule has 2 rings (SSSR count). The van der Waals surface area contributed by atoms with Crippen LogP contribution in [-0.2, 0) is 0 Å². The highest BCUT2D eigenvalue weighted by molar-refractivity contribution is 5.55. The van der Waals surface area contributed by atoms with Crippen LogP contribution in [0.2, 0.25) is 0 Å². The number of nitrogens with two attached hydrogens (primary N) is 2. The third kappa shape index (κ3) is 2.60. The Hall–Kier alpha value is -1.70. The van der Waals surface area contributed by atoms with Gasteiger partial charge in [-0.3, -0.25) is 0 Å². The predicted octanol–water partition coefficient (Wildman–Crippen LogP) is 4.19. The maximum atomic E-state index is 6.09. The minimum Gasteiger partial charge on any atom is -0.399 e. The van der Waals surface area contributed by atoms with Crippen molar-refractivity contribution < 1.29 is 0 Å². The van der Waals surface area contributed by atoms with Gasteiger partial charge in [-0.15, -0.1) is 0 Å². The van der Waals surface area contributed by atoms with E-state index in [0.717, 1.165) is 17.8 Å². The highest BCUT2D eigenvalue weighted by Gasteiger charge is 2.23. The summed E-state index contributed by atoms with van der Waals surface area (Å²) >= 11 is 0. The second-order valence-electron chi connectivity index (χ2n) is 6.27. The minimum absolute atomic E-state index is 0.478. The molecule has 1 aliphatic carbocycles. The molecular weight excluding hydrogens is 244 g/mol. The van der Waals surface area contributed by atoms with Gasteiger partial charge in [0, 0.05) is 11.4 Å². The Bertz CT molecular complexity index is 570. The fourth-order valence-corrected chi connectivity index (χ4v) is 3.11. The zero-order valence-electron chi connectivity index (χ0n) is 13.2. The van der Waals surface area contributed by atoms with E-state index in [1.807, 2.05) is 0 Å². The van der Waals surface area contributed by atoms with Gasteiger partial charge in [-0.05, 0) is 73.8 Å². The first-order valence-electron chi connectivity index (χ1n) is 7.32. The second-order valence-corrected chi connectivity index (χ2v) is 6.27. The highest BCUT2D eigenvalue weighted by atomic mass is 14.6.